The summed E-state index contributed by atoms with van der Waals surface area (Å²) < 4.78 is 3.07. The Hall–Kier alpha value is -1.20. The molecule has 5 heteroatoms. The van der Waals surface area contributed by atoms with Crippen LogP contribution in [0.2, 0.25) is 0 Å². The predicted molar refractivity (Wildman–Crippen MR) is 79.8 cm³/mol. The Morgan fingerprint density at radius 2 is 2.00 bits per heavy atom. The number of hydrogen-bond acceptors (Lipinski definition) is 3. The zero-order chi connectivity index (χ0) is 13.8. The number of nitrogens with one attached hydrogen (secondary N) is 1. The lowest BCUT2D eigenvalue weighted by atomic mass is 10.1. The summed E-state index contributed by atoms with van der Waals surface area (Å²) in [4.78, 5) is 4.30. The Morgan fingerprint density at radius 3 is 2.68 bits per heavy atom. The number of benzene rings is 1. The van der Waals surface area contributed by atoms with E-state index in [1.165, 1.54) is 5.56 Å². The second kappa shape index (κ2) is 6.30. The average Bonchev–Trinajstić information content (AvgIpc) is 2.85. The molecular weight excluding hydrogens is 304 g/mol. The quantitative estimate of drug-likeness (QED) is 0.916. The predicted octanol–water partition coefficient (Wildman–Crippen LogP) is 3.47. The van der Waals surface area contributed by atoms with Gasteiger partial charge in [0, 0.05) is 16.6 Å². The van der Waals surface area contributed by atoms with Crippen LogP contribution in [0.25, 0.3) is 0 Å². The molecule has 2 rings (SSSR count). The van der Waals surface area contributed by atoms with Crippen LogP contribution in [0, 0.1) is 0 Å². The average molecular weight is 323 g/mol. The van der Waals surface area contributed by atoms with E-state index in [2.05, 4.69) is 70.3 Å². The standard InChI is InChI=1S/C14H19BrN4/c1-10(2)19-14(17-9-18-19)8-16-11(3)12-6-4-5-7-13(12)15/h4-7,9-11,16H,8H2,1-3H3/t11-/m1/s1. The Labute approximate surface area is 122 Å². The fourth-order valence-corrected chi connectivity index (χ4v) is 2.64. The van der Waals surface area contributed by atoms with Gasteiger partial charge in [-0.15, -0.1) is 0 Å². The molecule has 102 valence electrons. The summed E-state index contributed by atoms with van der Waals surface area (Å²) in [6.07, 6.45) is 1.61. The third-order valence-corrected chi connectivity index (χ3v) is 3.80. The zero-order valence-electron chi connectivity index (χ0n) is 11.5. The van der Waals surface area contributed by atoms with Crippen molar-refractivity contribution < 1.29 is 0 Å². The van der Waals surface area contributed by atoms with Gasteiger partial charge in [0.25, 0.3) is 0 Å². The molecule has 1 atom stereocenters. The van der Waals surface area contributed by atoms with Gasteiger partial charge in [0.15, 0.2) is 0 Å². The van der Waals surface area contributed by atoms with Crippen molar-refractivity contribution in [1.82, 2.24) is 20.1 Å². The van der Waals surface area contributed by atoms with Crippen LogP contribution in [-0.4, -0.2) is 14.8 Å². The van der Waals surface area contributed by atoms with Crippen LogP contribution >= 0.6 is 15.9 Å². The molecule has 1 aromatic carbocycles. The fourth-order valence-electron chi connectivity index (χ4n) is 2.01. The molecular formula is C14H19BrN4. The number of hydrogen-bond donors (Lipinski definition) is 1. The van der Waals surface area contributed by atoms with Gasteiger partial charge in [0.1, 0.15) is 12.2 Å². The molecule has 0 saturated heterocycles. The van der Waals surface area contributed by atoms with Gasteiger partial charge < -0.3 is 5.32 Å². The second-order valence-corrected chi connectivity index (χ2v) is 5.69. The van der Waals surface area contributed by atoms with Crippen LogP contribution in [-0.2, 0) is 6.54 Å². The number of rotatable bonds is 5. The third-order valence-electron chi connectivity index (χ3n) is 3.07. The van der Waals surface area contributed by atoms with E-state index in [0.29, 0.717) is 12.6 Å². The van der Waals surface area contributed by atoms with E-state index in [4.69, 9.17) is 0 Å². The Morgan fingerprint density at radius 1 is 1.26 bits per heavy atom. The van der Waals surface area contributed by atoms with Gasteiger partial charge in [0.2, 0.25) is 0 Å². The van der Waals surface area contributed by atoms with Gasteiger partial charge in [-0.1, -0.05) is 34.1 Å². The molecule has 4 nitrogen and oxygen atoms in total. The molecule has 0 aliphatic heterocycles. The molecule has 0 aliphatic carbocycles. The topological polar surface area (TPSA) is 42.7 Å². The molecule has 2 aromatic rings. The van der Waals surface area contributed by atoms with E-state index in [1.807, 2.05) is 10.7 Å². The van der Waals surface area contributed by atoms with Gasteiger partial charge in [-0.05, 0) is 32.4 Å². The number of nitrogens with zero attached hydrogens (tertiary/aromatic N) is 3. The SMILES string of the molecule is CC(C)n1ncnc1CN[C@H](C)c1ccccc1Br. The molecule has 0 aliphatic rings. The van der Waals surface area contributed by atoms with E-state index < -0.39 is 0 Å². The number of halogens is 1. The minimum Gasteiger partial charge on any atom is -0.303 e. The normalized spacial score (nSPS) is 12.9. The summed E-state index contributed by atoms with van der Waals surface area (Å²) in [6.45, 7) is 7.07. The van der Waals surface area contributed by atoms with E-state index in [-0.39, 0.29) is 6.04 Å². The third kappa shape index (κ3) is 3.42. The van der Waals surface area contributed by atoms with Gasteiger partial charge >= 0.3 is 0 Å². The van der Waals surface area contributed by atoms with Crippen LogP contribution in [0.5, 0.6) is 0 Å². The maximum absolute atomic E-state index is 4.30. The van der Waals surface area contributed by atoms with Crippen molar-refractivity contribution in [3.63, 3.8) is 0 Å². The van der Waals surface area contributed by atoms with Crippen LogP contribution in [0.3, 0.4) is 0 Å². The van der Waals surface area contributed by atoms with Crippen molar-refractivity contribution in [2.24, 2.45) is 0 Å². The van der Waals surface area contributed by atoms with Crippen molar-refractivity contribution in [2.45, 2.75) is 39.4 Å². The first-order valence-corrected chi connectivity index (χ1v) is 7.25. The Kier molecular flexibility index (Phi) is 4.71. The van der Waals surface area contributed by atoms with Crippen molar-refractivity contribution in [2.75, 3.05) is 0 Å². The molecule has 0 fully saturated rings. The van der Waals surface area contributed by atoms with Gasteiger partial charge in [-0.25, -0.2) is 9.67 Å². The lowest BCUT2D eigenvalue weighted by Crippen LogP contribution is -2.22. The molecule has 0 amide bonds. The van der Waals surface area contributed by atoms with Gasteiger partial charge in [0.05, 0.1) is 6.54 Å². The first-order chi connectivity index (χ1) is 9.09. The zero-order valence-corrected chi connectivity index (χ0v) is 13.1. The Bertz CT molecular complexity index is 536. The highest BCUT2D eigenvalue weighted by Crippen LogP contribution is 2.22. The molecule has 1 N–H and O–H groups in total. The summed E-state index contributed by atoms with van der Waals surface area (Å²) >= 11 is 3.58. The largest absolute Gasteiger partial charge is 0.303 e. The van der Waals surface area contributed by atoms with Crippen molar-refractivity contribution in [3.8, 4) is 0 Å². The van der Waals surface area contributed by atoms with E-state index in [1.54, 1.807) is 6.33 Å². The van der Waals surface area contributed by atoms with Crippen LogP contribution < -0.4 is 5.32 Å². The molecule has 1 heterocycles. The van der Waals surface area contributed by atoms with E-state index in [9.17, 15) is 0 Å². The number of aromatic nitrogens is 3. The van der Waals surface area contributed by atoms with Gasteiger partial charge in [-0.3, -0.25) is 0 Å². The maximum atomic E-state index is 4.30. The van der Waals surface area contributed by atoms with E-state index >= 15 is 0 Å². The van der Waals surface area contributed by atoms with Crippen molar-refractivity contribution >= 4 is 15.9 Å². The summed E-state index contributed by atoms with van der Waals surface area (Å²) in [5, 5.41) is 7.72. The highest BCUT2D eigenvalue weighted by Gasteiger charge is 2.11. The van der Waals surface area contributed by atoms with Gasteiger partial charge in [-0.2, -0.15) is 5.10 Å². The highest BCUT2D eigenvalue weighted by molar-refractivity contribution is 9.10. The Balaban J connectivity index is 2.03. The smallest absolute Gasteiger partial charge is 0.141 e. The first kappa shape index (κ1) is 14.2. The van der Waals surface area contributed by atoms with Crippen molar-refractivity contribution in [1.29, 1.82) is 0 Å². The van der Waals surface area contributed by atoms with E-state index in [0.717, 1.165) is 10.3 Å². The molecule has 1 aromatic heterocycles. The fraction of sp³-hybridized carbons (Fsp3) is 0.429. The lowest BCUT2D eigenvalue weighted by Gasteiger charge is -2.16. The second-order valence-electron chi connectivity index (χ2n) is 4.84. The molecule has 0 unspecified atom stereocenters. The molecule has 0 radical (unpaired) electrons. The molecule has 0 spiro atoms. The highest BCUT2D eigenvalue weighted by atomic mass is 79.9. The first-order valence-electron chi connectivity index (χ1n) is 6.45. The maximum Gasteiger partial charge on any atom is 0.141 e. The summed E-state index contributed by atoms with van der Waals surface area (Å²) in [6, 6.07) is 8.84. The molecule has 19 heavy (non-hydrogen) atoms. The summed E-state index contributed by atoms with van der Waals surface area (Å²) in [5.41, 5.74) is 1.25. The van der Waals surface area contributed by atoms with Crippen LogP contribution in [0.1, 0.15) is 44.2 Å². The minimum atomic E-state index is 0.257. The summed E-state index contributed by atoms with van der Waals surface area (Å²) in [5.74, 6) is 0.967. The van der Waals surface area contributed by atoms with Crippen molar-refractivity contribution in [3.05, 3.63) is 46.5 Å². The monoisotopic (exact) mass is 322 g/mol. The molecule has 0 bridgehead atoms. The van der Waals surface area contributed by atoms with Crippen LogP contribution in [0.15, 0.2) is 35.1 Å². The summed E-state index contributed by atoms with van der Waals surface area (Å²) in [7, 11) is 0. The lowest BCUT2D eigenvalue weighted by molar-refractivity contribution is 0.473. The van der Waals surface area contributed by atoms with Crippen LogP contribution in [0.4, 0.5) is 0 Å². The minimum absolute atomic E-state index is 0.257. The molecule has 0 saturated carbocycles.